The zero-order chi connectivity index (χ0) is 12.3. The summed E-state index contributed by atoms with van der Waals surface area (Å²) in [6, 6.07) is 9.07. The highest BCUT2D eigenvalue weighted by molar-refractivity contribution is 5.91. The standard InChI is InChI=1S/C13H10N2O2.H2/c1-17-13(16)10-4-2-3-9(5-10)12-8-15-7-11(12)6-14;/h2-5,7-8,15H,1H3;1H. The van der Waals surface area contributed by atoms with Gasteiger partial charge in [-0.2, -0.15) is 5.26 Å². The average Bonchev–Trinajstić information content (AvgIpc) is 2.86. The number of carbonyl (C=O) groups excluding carboxylic acids is 1. The minimum atomic E-state index is -0.388. The molecule has 0 aliphatic carbocycles. The van der Waals surface area contributed by atoms with Crippen molar-refractivity contribution in [3.05, 3.63) is 47.8 Å². The first-order valence-corrected chi connectivity index (χ1v) is 5.02. The van der Waals surface area contributed by atoms with Crippen molar-refractivity contribution in [2.24, 2.45) is 0 Å². The summed E-state index contributed by atoms with van der Waals surface area (Å²) in [6.45, 7) is 0. The lowest BCUT2D eigenvalue weighted by molar-refractivity contribution is 0.0601. The van der Waals surface area contributed by atoms with Crippen LogP contribution in [-0.2, 0) is 4.74 Å². The molecule has 0 spiro atoms. The zero-order valence-corrected chi connectivity index (χ0v) is 9.23. The topological polar surface area (TPSA) is 65.9 Å². The number of nitrogens with one attached hydrogen (secondary N) is 1. The molecule has 0 aliphatic rings. The van der Waals surface area contributed by atoms with Crippen LogP contribution in [0.4, 0.5) is 0 Å². The Labute approximate surface area is 99.9 Å². The summed E-state index contributed by atoms with van der Waals surface area (Å²) < 4.78 is 4.65. The average molecular weight is 228 g/mol. The lowest BCUT2D eigenvalue weighted by Crippen LogP contribution is -2.00. The van der Waals surface area contributed by atoms with E-state index in [0.29, 0.717) is 11.1 Å². The van der Waals surface area contributed by atoms with Crippen LogP contribution < -0.4 is 0 Å². The summed E-state index contributed by atoms with van der Waals surface area (Å²) in [6.07, 6.45) is 3.36. The minimum Gasteiger partial charge on any atom is -0.465 e. The number of nitriles is 1. The Morgan fingerprint density at radius 2 is 2.29 bits per heavy atom. The maximum Gasteiger partial charge on any atom is 0.337 e. The number of rotatable bonds is 2. The summed E-state index contributed by atoms with van der Waals surface area (Å²) >= 11 is 0. The van der Waals surface area contributed by atoms with Crippen molar-refractivity contribution >= 4 is 5.97 Å². The molecule has 0 atom stereocenters. The second-order valence-corrected chi connectivity index (χ2v) is 3.47. The van der Waals surface area contributed by atoms with E-state index in [9.17, 15) is 4.79 Å². The van der Waals surface area contributed by atoms with Crippen molar-refractivity contribution in [3.8, 4) is 17.2 Å². The van der Waals surface area contributed by atoms with E-state index < -0.39 is 0 Å². The van der Waals surface area contributed by atoms with E-state index in [0.717, 1.165) is 11.1 Å². The number of esters is 1. The normalized spacial score (nSPS) is 9.65. The summed E-state index contributed by atoms with van der Waals surface area (Å²) in [4.78, 5) is 14.3. The molecule has 1 aromatic carbocycles. The molecule has 0 radical (unpaired) electrons. The monoisotopic (exact) mass is 228 g/mol. The van der Waals surface area contributed by atoms with Gasteiger partial charge in [-0.05, 0) is 17.7 Å². The van der Waals surface area contributed by atoms with Gasteiger partial charge in [0, 0.05) is 19.4 Å². The van der Waals surface area contributed by atoms with Crippen LogP contribution in [0.25, 0.3) is 11.1 Å². The molecule has 1 aromatic heterocycles. The molecule has 4 heteroatoms. The van der Waals surface area contributed by atoms with Gasteiger partial charge >= 0.3 is 5.97 Å². The lowest BCUT2D eigenvalue weighted by Gasteiger charge is -2.02. The van der Waals surface area contributed by atoms with E-state index >= 15 is 0 Å². The molecule has 0 aliphatic heterocycles. The summed E-state index contributed by atoms with van der Waals surface area (Å²) in [5, 5.41) is 8.93. The number of ether oxygens (including phenoxy) is 1. The first-order chi connectivity index (χ1) is 8.26. The Bertz CT molecular complexity index is 599. The van der Waals surface area contributed by atoms with Crippen LogP contribution in [0.1, 0.15) is 17.3 Å². The van der Waals surface area contributed by atoms with E-state index in [1.165, 1.54) is 7.11 Å². The van der Waals surface area contributed by atoms with Crippen LogP contribution >= 0.6 is 0 Å². The van der Waals surface area contributed by atoms with Crippen molar-refractivity contribution < 1.29 is 11.0 Å². The number of benzene rings is 1. The smallest absolute Gasteiger partial charge is 0.337 e. The Hall–Kier alpha value is -2.54. The summed E-state index contributed by atoms with van der Waals surface area (Å²) in [7, 11) is 1.34. The largest absolute Gasteiger partial charge is 0.465 e. The van der Waals surface area contributed by atoms with Crippen LogP contribution in [0.15, 0.2) is 36.7 Å². The van der Waals surface area contributed by atoms with Gasteiger partial charge in [-0.1, -0.05) is 12.1 Å². The third-order valence-corrected chi connectivity index (χ3v) is 2.46. The van der Waals surface area contributed by atoms with E-state index in [2.05, 4.69) is 15.8 Å². The molecule has 0 bridgehead atoms. The number of aromatic nitrogens is 1. The van der Waals surface area contributed by atoms with Gasteiger partial charge in [0.25, 0.3) is 0 Å². The summed E-state index contributed by atoms with van der Waals surface area (Å²) in [5.74, 6) is -0.388. The molecule has 0 saturated heterocycles. The van der Waals surface area contributed by atoms with Crippen molar-refractivity contribution in [2.45, 2.75) is 0 Å². The molecule has 2 rings (SSSR count). The fourth-order valence-electron chi connectivity index (χ4n) is 1.63. The molecule has 1 heterocycles. The fraction of sp³-hybridized carbons (Fsp3) is 0.0769. The maximum absolute atomic E-state index is 11.4. The highest BCUT2D eigenvalue weighted by atomic mass is 16.5. The highest BCUT2D eigenvalue weighted by Crippen LogP contribution is 2.23. The van der Waals surface area contributed by atoms with E-state index in [1.54, 1.807) is 30.6 Å². The van der Waals surface area contributed by atoms with Gasteiger partial charge in [0.15, 0.2) is 0 Å². The number of hydrogen-bond donors (Lipinski definition) is 1. The van der Waals surface area contributed by atoms with Gasteiger partial charge in [0.05, 0.1) is 18.2 Å². The van der Waals surface area contributed by atoms with Crippen LogP contribution in [0.3, 0.4) is 0 Å². The minimum absolute atomic E-state index is 0. The molecule has 86 valence electrons. The molecule has 1 N–H and O–H groups in total. The molecule has 4 nitrogen and oxygen atoms in total. The Balaban J connectivity index is 0.00000162. The van der Waals surface area contributed by atoms with Gasteiger partial charge in [-0.15, -0.1) is 0 Å². The Morgan fingerprint density at radius 3 is 3.00 bits per heavy atom. The van der Waals surface area contributed by atoms with Crippen LogP contribution in [-0.4, -0.2) is 18.1 Å². The van der Waals surface area contributed by atoms with Gasteiger partial charge in [0.2, 0.25) is 0 Å². The molecule has 0 amide bonds. The summed E-state index contributed by atoms with van der Waals surface area (Å²) in [5.41, 5.74) is 2.60. The number of H-pyrrole nitrogens is 1. The molecule has 0 saturated carbocycles. The zero-order valence-electron chi connectivity index (χ0n) is 9.23. The number of methoxy groups -OCH3 is 1. The number of aromatic amines is 1. The van der Waals surface area contributed by atoms with Crippen LogP contribution in [0, 0.1) is 11.3 Å². The first-order valence-electron chi connectivity index (χ1n) is 5.02. The maximum atomic E-state index is 11.4. The lowest BCUT2D eigenvalue weighted by atomic mass is 10.0. The van der Waals surface area contributed by atoms with E-state index in [1.807, 2.05) is 6.07 Å². The second-order valence-electron chi connectivity index (χ2n) is 3.47. The van der Waals surface area contributed by atoms with Gasteiger partial charge < -0.3 is 9.72 Å². The Morgan fingerprint density at radius 1 is 1.47 bits per heavy atom. The predicted octanol–water partition coefficient (Wildman–Crippen LogP) is 2.59. The van der Waals surface area contributed by atoms with E-state index in [4.69, 9.17) is 5.26 Å². The van der Waals surface area contributed by atoms with Gasteiger partial charge in [-0.25, -0.2) is 4.79 Å². The van der Waals surface area contributed by atoms with Crippen molar-refractivity contribution in [1.29, 1.82) is 5.26 Å². The van der Waals surface area contributed by atoms with Crippen LogP contribution in [0.5, 0.6) is 0 Å². The van der Waals surface area contributed by atoms with Gasteiger partial charge in [-0.3, -0.25) is 0 Å². The van der Waals surface area contributed by atoms with Crippen molar-refractivity contribution in [2.75, 3.05) is 7.11 Å². The third kappa shape index (κ3) is 2.04. The third-order valence-electron chi connectivity index (χ3n) is 2.46. The van der Waals surface area contributed by atoms with Crippen molar-refractivity contribution in [1.82, 2.24) is 4.98 Å². The second kappa shape index (κ2) is 4.54. The number of carbonyl (C=O) groups is 1. The van der Waals surface area contributed by atoms with E-state index in [-0.39, 0.29) is 7.40 Å². The van der Waals surface area contributed by atoms with Crippen LogP contribution in [0.2, 0.25) is 0 Å². The SMILES string of the molecule is COC(=O)c1cccc(-c2c[nH]cc2C#N)c1.[HH]. The molecule has 17 heavy (non-hydrogen) atoms. The van der Waals surface area contributed by atoms with Crippen molar-refractivity contribution in [3.63, 3.8) is 0 Å². The number of nitrogens with zero attached hydrogens (tertiary/aromatic N) is 1. The predicted molar refractivity (Wildman–Crippen MR) is 64.4 cm³/mol. The molecule has 0 fully saturated rings. The first kappa shape index (κ1) is 11.0. The molecule has 2 aromatic rings. The van der Waals surface area contributed by atoms with Gasteiger partial charge in [0.1, 0.15) is 6.07 Å². The molecule has 0 unspecified atom stereocenters. The molecular weight excluding hydrogens is 216 g/mol. The quantitative estimate of drug-likeness (QED) is 0.803. The number of hydrogen-bond acceptors (Lipinski definition) is 3. The fourth-order valence-corrected chi connectivity index (χ4v) is 1.63. The highest BCUT2D eigenvalue weighted by Gasteiger charge is 2.09. The Kier molecular flexibility index (Phi) is 2.93. The molecular formula is C13H12N2O2.